The SMILES string of the molecule is CC(=O)OC(Sc1ccc(C)cc1)[C@H](OC(C)=O)[C@H]1COC(C)(C)O1. The number of rotatable bonds is 6. The Kier molecular flexibility index (Phi) is 6.48. The molecule has 0 aromatic heterocycles. The quantitative estimate of drug-likeness (QED) is 0.434. The summed E-state index contributed by atoms with van der Waals surface area (Å²) in [6.45, 7) is 8.44. The lowest BCUT2D eigenvalue weighted by atomic mass is 10.2. The first-order valence-electron chi connectivity index (χ1n) is 8.06. The van der Waals surface area contributed by atoms with Gasteiger partial charge >= 0.3 is 11.9 Å². The van der Waals surface area contributed by atoms with Crippen LogP contribution in [-0.4, -0.2) is 42.0 Å². The lowest BCUT2D eigenvalue weighted by molar-refractivity contribution is -0.180. The summed E-state index contributed by atoms with van der Waals surface area (Å²) in [5.74, 6) is -1.71. The second-order valence-electron chi connectivity index (χ2n) is 6.35. The molecule has 7 heteroatoms. The summed E-state index contributed by atoms with van der Waals surface area (Å²) < 4.78 is 22.3. The zero-order valence-electron chi connectivity index (χ0n) is 15.1. The number of ether oxygens (including phenoxy) is 4. The van der Waals surface area contributed by atoms with Crippen molar-refractivity contribution in [2.24, 2.45) is 0 Å². The molecule has 0 N–H and O–H groups in total. The average molecular weight is 368 g/mol. The first kappa shape index (κ1) is 19.8. The van der Waals surface area contributed by atoms with Crippen LogP contribution in [0.4, 0.5) is 0 Å². The van der Waals surface area contributed by atoms with E-state index in [1.54, 1.807) is 13.8 Å². The minimum Gasteiger partial charge on any atom is -0.455 e. The summed E-state index contributed by atoms with van der Waals surface area (Å²) in [7, 11) is 0. The van der Waals surface area contributed by atoms with Gasteiger partial charge in [0.1, 0.15) is 6.10 Å². The van der Waals surface area contributed by atoms with Gasteiger partial charge in [0.15, 0.2) is 17.3 Å². The standard InChI is InChI=1S/C18H24O6S/c1-11-6-8-14(9-7-11)25-17(23-13(3)20)16(22-12(2)19)15-10-21-18(4,5)24-15/h6-9,15-17H,10H2,1-5H3/t15-,16-,17?/m1/s1. The van der Waals surface area contributed by atoms with Crippen LogP contribution < -0.4 is 0 Å². The maximum atomic E-state index is 11.6. The number of carbonyl (C=O) groups is 2. The highest BCUT2D eigenvalue weighted by atomic mass is 32.2. The van der Waals surface area contributed by atoms with Gasteiger partial charge in [-0.2, -0.15) is 0 Å². The Labute approximate surface area is 152 Å². The van der Waals surface area contributed by atoms with Crippen molar-refractivity contribution >= 4 is 23.7 Å². The lowest BCUT2D eigenvalue weighted by Crippen LogP contribution is -2.43. The number of carbonyl (C=O) groups excluding carboxylic acids is 2. The summed E-state index contributed by atoms with van der Waals surface area (Å²) >= 11 is 1.31. The largest absolute Gasteiger partial charge is 0.455 e. The third-order valence-corrected chi connectivity index (χ3v) is 4.66. The molecule has 138 valence electrons. The Bertz CT molecular complexity index is 612. The molecule has 0 spiro atoms. The molecule has 2 rings (SSSR count). The van der Waals surface area contributed by atoms with Crippen LogP contribution in [0.2, 0.25) is 0 Å². The number of hydrogen-bond donors (Lipinski definition) is 0. The summed E-state index contributed by atoms with van der Waals surface area (Å²) in [6, 6.07) is 7.78. The smallest absolute Gasteiger partial charge is 0.303 e. The first-order chi connectivity index (χ1) is 11.7. The summed E-state index contributed by atoms with van der Waals surface area (Å²) in [4.78, 5) is 24.1. The maximum absolute atomic E-state index is 11.6. The van der Waals surface area contributed by atoms with E-state index in [0.717, 1.165) is 10.5 Å². The third kappa shape index (κ3) is 6.02. The van der Waals surface area contributed by atoms with E-state index >= 15 is 0 Å². The highest BCUT2D eigenvalue weighted by molar-refractivity contribution is 7.99. The fourth-order valence-corrected chi connectivity index (χ4v) is 3.56. The van der Waals surface area contributed by atoms with Crippen LogP contribution in [0.5, 0.6) is 0 Å². The van der Waals surface area contributed by atoms with Crippen LogP contribution in [0, 0.1) is 6.92 Å². The van der Waals surface area contributed by atoms with Crippen molar-refractivity contribution in [1.29, 1.82) is 0 Å². The van der Waals surface area contributed by atoms with Gasteiger partial charge in [-0.25, -0.2) is 0 Å². The van der Waals surface area contributed by atoms with Crippen LogP contribution >= 0.6 is 11.8 Å². The molecule has 1 heterocycles. The van der Waals surface area contributed by atoms with Gasteiger partial charge in [0.05, 0.1) is 6.61 Å². The Morgan fingerprint density at radius 3 is 2.24 bits per heavy atom. The molecule has 6 nitrogen and oxygen atoms in total. The number of hydrogen-bond acceptors (Lipinski definition) is 7. The van der Waals surface area contributed by atoms with Crippen molar-refractivity contribution < 1.29 is 28.5 Å². The van der Waals surface area contributed by atoms with Crippen LogP contribution in [0.25, 0.3) is 0 Å². The molecule has 0 bridgehead atoms. The van der Waals surface area contributed by atoms with E-state index in [-0.39, 0.29) is 6.61 Å². The predicted molar refractivity (Wildman–Crippen MR) is 93.0 cm³/mol. The van der Waals surface area contributed by atoms with E-state index in [1.165, 1.54) is 25.6 Å². The molecule has 0 aliphatic carbocycles. The van der Waals surface area contributed by atoms with Gasteiger partial charge in [0, 0.05) is 18.7 Å². The van der Waals surface area contributed by atoms with Crippen molar-refractivity contribution in [3.8, 4) is 0 Å². The van der Waals surface area contributed by atoms with Crippen LogP contribution in [0.1, 0.15) is 33.3 Å². The van der Waals surface area contributed by atoms with Gasteiger partial charge in [0.2, 0.25) is 0 Å². The van der Waals surface area contributed by atoms with Crippen molar-refractivity contribution in [1.82, 2.24) is 0 Å². The molecule has 3 atom stereocenters. The first-order valence-corrected chi connectivity index (χ1v) is 8.94. The highest BCUT2D eigenvalue weighted by Crippen LogP contribution is 2.34. The molecule has 1 saturated heterocycles. The van der Waals surface area contributed by atoms with Crippen molar-refractivity contribution in [2.75, 3.05) is 6.61 Å². The predicted octanol–water partition coefficient (Wildman–Crippen LogP) is 3.06. The van der Waals surface area contributed by atoms with Crippen LogP contribution in [0.15, 0.2) is 29.2 Å². The minimum atomic E-state index is -0.783. The summed E-state index contributed by atoms with van der Waals surface area (Å²) in [6.07, 6.45) is -1.31. The van der Waals surface area contributed by atoms with Crippen LogP contribution in [-0.2, 0) is 28.5 Å². The molecule has 1 aliphatic heterocycles. The van der Waals surface area contributed by atoms with Crippen molar-refractivity contribution in [3.63, 3.8) is 0 Å². The monoisotopic (exact) mass is 368 g/mol. The van der Waals surface area contributed by atoms with Gasteiger partial charge in [-0.15, -0.1) is 0 Å². The van der Waals surface area contributed by atoms with Gasteiger partial charge in [-0.1, -0.05) is 29.5 Å². The molecule has 1 unspecified atom stereocenters. The molecule has 0 radical (unpaired) electrons. The van der Waals surface area contributed by atoms with Gasteiger partial charge in [0.25, 0.3) is 0 Å². The maximum Gasteiger partial charge on any atom is 0.303 e. The molecule has 1 fully saturated rings. The Balaban J connectivity index is 2.23. The number of aryl methyl sites for hydroxylation is 1. The van der Waals surface area contributed by atoms with E-state index in [9.17, 15) is 9.59 Å². The molecule has 1 aliphatic rings. The van der Waals surface area contributed by atoms with E-state index in [0.29, 0.717) is 0 Å². The second-order valence-corrected chi connectivity index (χ2v) is 7.52. The minimum absolute atomic E-state index is 0.247. The van der Waals surface area contributed by atoms with Gasteiger partial charge in [-0.05, 0) is 32.9 Å². The number of thioether (sulfide) groups is 1. The molecule has 1 aromatic rings. The van der Waals surface area contributed by atoms with Crippen LogP contribution in [0.3, 0.4) is 0 Å². The van der Waals surface area contributed by atoms with E-state index in [2.05, 4.69) is 0 Å². The number of benzene rings is 1. The molecule has 0 amide bonds. The Hall–Kier alpha value is -1.57. The summed E-state index contributed by atoms with van der Waals surface area (Å²) in [5.41, 5.74) is 0.380. The molecule has 25 heavy (non-hydrogen) atoms. The molecule has 0 saturated carbocycles. The van der Waals surface area contributed by atoms with E-state index in [4.69, 9.17) is 18.9 Å². The zero-order valence-corrected chi connectivity index (χ0v) is 15.9. The third-order valence-electron chi connectivity index (χ3n) is 3.52. The number of esters is 2. The summed E-state index contributed by atoms with van der Waals surface area (Å²) in [5, 5.41) is 0. The lowest BCUT2D eigenvalue weighted by Gasteiger charge is -2.29. The molecular weight excluding hydrogens is 344 g/mol. The normalized spacial score (nSPS) is 21.4. The zero-order chi connectivity index (χ0) is 18.6. The average Bonchev–Trinajstić information content (AvgIpc) is 2.86. The Morgan fingerprint density at radius 2 is 1.76 bits per heavy atom. The highest BCUT2D eigenvalue weighted by Gasteiger charge is 2.44. The molecule has 1 aromatic carbocycles. The van der Waals surface area contributed by atoms with Gasteiger partial charge < -0.3 is 18.9 Å². The van der Waals surface area contributed by atoms with Crippen molar-refractivity contribution in [2.45, 2.75) is 62.9 Å². The fraction of sp³-hybridized carbons (Fsp3) is 0.556. The molecular formula is C18H24O6S. The fourth-order valence-electron chi connectivity index (χ4n) is 2.45. The Morgan fingerprint density at radius 1 is 1.16 bits per heavy atom. The second kappa shape index (κ2) is 8.21. The topological polar surface area (TPSA) is 71.1 Å². The van der Waals surface area contributed by atoms with Gasteiger partial charge in [-0.3, -0.25) is 9.59 Å². The van der Waals surface area contributed by atoms with Crippen molar-refractivity contribution in [3.05, 3.63) is 29.8 Å². The van der Waals surface area contributed by atoms with E-state index in [1.807, 2.05) is 31.2 Å². The van der Waals surface area contributed by atoms with E-state index < -0.39 is 35.4 Å².